The van der Waals surface area contributed by atoms with Crippen molar-refractivity contribution >= 4 is 44.4 Å². The van der Waals surface area contributed by atoms with Gasteiger partial charge >= 0.3 is 0 Å². The van der Waals surface area contributed by atoms with Crippen LogP contribution < -0.4 is 60.3 Å². The second kappa shape index (κ2) is 113. The molecule has 0 atom stereocenters. The fraction of sp³-hybridized carbons (Fsp3) is 0. The van der Waals surface area contributed by atoms with E-state index in [4.69, 9.17) is 60.3 Å². The minimum Gasteiger partial charge on any atom is -0.867 e. The molecular formula is B6F6O12Rh12-12. The summed E-state index contributed by atoms with van der Waals surface area (Å²) in [4.78, 5) is 0. The zero-order chi connectivity index (χ0) is 21.5. The number of rotatable bonds is 0. The van der Waals surface area contributed by atoms with Crippen molar-refractivity contribution in [3.05, 3.63) is 0 Å². The Balaban J connectivity index is -0.00000000633. The van der Waals surface area contributed by atoms with Gasteiger partial charge in [-0.05, 0) is 0 Å². The summed E-state index contributed by atoms with van der Waals surface area (Å²) in [5, 5.41) is 99.7. The van der Waals surface area contributed by atoms with Gasteiger partial charge in [0.15, 0.2) is 0 Å². The largest absolute Gasteiger partial charge is 0.867 e. The van der Waals surface area contributed by atoms with E-state index in [0.29, 0.717) is 0 Å². The minimum atomic E-state index is -3.17. The van der Waals surface area contributed by atoms with Crippen LogP contribution in [-0.2, 0) is 234 Å². The quantitative estimate of drug-likeness (QED) is 0.162. The summed E-state index contributed by atoms with van der Waals surface area (Å²) in [7, 11) is -19.0. The molecule has 12 radical (unpaired) electrons. The Hall–Kier alpha value is 6.97. The molecule has 0 bridgehead atoms. The van der Waals surface area contributed by atoms with Crippen LogP contribution >= 0.6 is 0 Å². The van der Waals surface area contributed by atoms with Gasteiger partial charge in [-0.15, -0.1) is 0 Å². The van der Waals surface area contributed by atoms with Crippen LogP contribution in [0.5, 0.6) is 0 Å². The molecule has 0 aromatic rings. The molecule has 0 amide bonds. The summed E-state index contributed by atoms with van der Waals surface area (Å²) in [6, 6.07) is 0. The molecule has 0 aliphatic carbocycles. The zero-order valence-corrected chi connectivity index (χ0v) is 34.3. The molecule has 0 spiro atoms. The van der Waals surface area contributed by atoms with E-state index in [2.05, 4.69) is 0 Å². The molecule has 0 aromatic heterocycles. The van der Waals surface area contributed by atoms with Crippen molar-refractivity contribution in [2.75, 3.05) is 0 Å². The molecule has 0 saturated heterocycles. The van der Waals surface area contributed by atoms with E-state index in [1.807, 2.05) is 0 Å². The normalized spacial score (nSPS) is 4.50. The maximum absolute atomic E-state index is 9.89. The van der Waals surface area contributed by atoms with Crippen molar-refractivity contribution in [2.24, 2.45) is 0 Å². The molecule has 0 aliphatic heterocycles. The van der Waals surface area contributed by atoms with E-state index >= 15 is 0 Å². The Morgan fingerprint density at radius 2 is 0.194 bits per heavy atom. The molecule has 36 heteroatoms. The number of hydrogen-bond acceptors (Lipinski definition) is 12. The summed E-state index contributed by atoms with van der Waals surface area (Å²) in [5.41, 5.74) is 0. The van der Waals surface area contributed by atoms with Gasteiger partial charge in [0, 0.05) is 234 Å². The first-order valence-electron chi connectivity index (χ1n) is 4.14. The molecular weight excluding hydrogens is 1610 g/mol. The molecule has 0 saturated carbocycles. The number of halogens is 6. The molecule has 0 unspecified atom stereocenters. The van der Waals surface area contributed by atoms with E-state index in [0.717, 1.165) is 0 Å². The molecule has 0 heterocycles. The van der Waals surface area contributed by atoms with Crippen LogP contribution in [0.15, 0.2) is 0 Å². The van der Waals surface area contributed by atoms with Crippen LogP contribution in [0.2, 0.25) is 0 Å². The Morgan fingerprint density at radius 3 is 0.194 bits per heavy atom. The van der Waals surface area contributed by atoms with E-state index in [1.165, 1.54) is 0 Å². The van der Waals surface area contributed by atoms with Crippen LogP contribution in [0.4, 0.5) is 25.9 Å². The summed E-state index contributed by atoms with van der Waals surface area (Å²) in [6.45, 7) is 0. The van der Waals surface area contributed by atoms with Crippen molar-refractivity contribution in [3.63, 3.8) is 0 Å². The van der Waals surface area contributed by atoms with Gasteiger partial charge in [-0.3, -0.25) is 0 Å². The Morgan fingerprint density at radius 1 is 0.194 bits per heavy atom. The van der Waals surface area contributed by atoms with Gasteiger partial charge in [0.1, 0.15) is 44.4 Å². The van der Waals surface area contributed by atoms with Crippen molar-refractivity contribution in [1.82, 2.24) is 0 Å². The van der Waals surface area contributed by atoms with Crippen molar-refractivity contribution < 1.29 is 320 Å². The third-order valence-electron chi connectivity index (χ3n) is 0. The number of hydrogen-bond donors (Lipinski definition) is 0. The average molecular weight is 1610 g/mol. The monoisotopic (exact) mass is 1610 g/mol. The predicted molar refractivity (Wildman–Crippen MR) is 41.2 cm³/mol. The summed E-state index contributed by atoms with van der Waals surface area (Å²) < 4.78 is 59.3. The minimum absolute atomic E-state index is 0. The Bertz CT molecular complexity index is 144. The van der Waals surface area contributed by atoms with E-state index in [1.54, 1.807) is 0 Å². The Kier molecular flexibility index (Phi) is 381. The molecule has 36 heavy (non-hydrogen) atoms. The third kappa shape index (κ3) is 1350. The second-order valence-electron chi connectivity index (χ2n) is 1.65. The zero-order valence-electron chi connectivity index (χ0n) is 14.6. The molecule has 0 aliphatic rings. The Labute approximate surface area is 358 Å². The molecule has 0 fully saturated rings. The summed E-state index contributed by atoms with van der Waals surface area (Å²) in [5.74, 6) is 0. The average Bonchev–Trinajstić information content (AvgIpc) is 2.08. The fourth-order valence-corrected chi connectivity index (χ4v) is 0. The van der Waals surface area contributed by atoms with Gasteiger partial charge in [0.05, 0.1) is 0 Å². The van der Waals surface area contributed by atoms with E-state index in [9.17, 15) is 25.9 Å². The molecule has 0 N–H and O–H groups in total. The van der Waals surface area contributed by atoms with Crippen LogP contribution in [0.3, 0.4) is 0 Å². The van der Waals surface area contributed by atoms with Crippen LogP contribution in [-0.4, -0.2) is 44.4 Å². The molecule has 12 nitrogen and oxygen atoms in total. The van der Waals surface area contributed by atoms with Crippen LogP contribution in [0.25, 0.3) is 0 Å². The smallest absolute Gasteiger partial charge is 0.121 e. The van der Waals surface area contributed by atoms with Gasteiger partial charge in [-0.1, -0.05) is 0 Å². The predicted octanol–water partition coefficient (Wildman–Crippen LogP) is -14.1. The van der Waals surface area contributed by atoms with Gasteiger partial charge in [-0.25, -0.2) is 0 Å². The van der Waals surface area contributed by atoms with Crippen LogP contribution in [0, 0.1) is 0 Å². The molecule has 252 valence electrons. The SMILES string of the molecule is [O-]B([O-])F.[O-]B([O-])F.[O-]B([O-])F.[O-]B([O-])F.[O-]B([O-])F.[O-]B([O-])F.[Rh].[Rh].[Rh].[Rh].[Rh].[Rh].[Rh].[Rh].[Rh].[Rh].[Rh].[Rh]. The third-order valence-corrected chi connectivity index (χ3v) is 0. The maximum Gasteiger partial charge on any atom is 0.121 e. The first-order chi connectivity index (χ1) is 10.4. The van der Waals surface area contributed by atoms with Crippen molar-refractivity contribution in [3.8, 4) is 0 Å². The van der Waals surface area contributed by atoms with Crippen LogP contribution in [0.1, 0.15) is 0 Å². The van der Waals surface area contributed by atoms with Gasteiger partial charge < -0.3 is 86.2 Å². The first-order valence-corrected chi connectivity index (χ1v) is 4.14. The summed E-state index contributed by atoms with van der Waals surface area (Å²) >= 11 is 0. The molecule has 0 aromatic carbocycles. The molecule has 0 rings (SSSR count). The second-order valence-corrected chi connectivity index (χ2v) is 1.65. The fourth-order valence-electron chi connectivity index (χ4n) is 0. The van der Waals surface area contributed by atoms with E-state index < -0.39 is 44.4 Å². The van der Waals surface area contributed by atoms with Gasteiger partial charge in [0.2, 0.25) is 0 Å². The first kappa shape index (κ1) is 121. The van der Waals surface area contributed by atoms with Crippen molar-refractivity contribution in [1.29, 1.82) is 0 Å². The van der Waals surface area contributed by atoms with Gasteiger partial charge in [-0.2, -0.15) is 0 Å². The maximum atomic E-state index is 9.89. The van der Waals surface area contributed by atoms with Gasteiger partial charge in [0.25, 0.3) is 0 Å². The standard InChI is InChI=1S/6BFO2.12Rh/c6*2-1(3)4;;;;;;;;;;;;/q6*-2;;;;;;;;;;;;. The summed E-state index contributed by atoms with van der Waals surface area (Å²) in [6.07, 6.45) is 0. The van der Waals surface area contributed by atoms with Crippen molar-refractivity contribution in [2.45, 2.75) is 0 Å². The topological polar surface area (TPSA) is 277 Å². The van der Waals surface area contributed by atoms with E-state index in [-0.39, 0.29) is 234 Å².